The van der Waals surface area contributed by atoms with Crippen molar-refractivity contribution in [3.63, 3.8) is 0 Å². The Kier molecular flexibility index (Phi) is 6.71. The quantitative estimate of drug-likeness (QED) is 0.414. The maximum absolute atomic E-state index is 13.4. The van der Waals surface area contributed by atoms with Gasteiger partial charge in [-0.05, 0) is 55.7 Å². The number of amides is 1. The van der Waals surface area contributed by atoms with Crippen molar-refractivity contribution >= 4 is 11.7 Å². The zero-order valence-electron chi connectivity index (χ0n) is 19.7. The Balaban J connectivity index is 1.24. The van der Waals surface area contributed by atoms with E-state index in [1.165, 1.54) is 12.1 Å². The van der Waals surface area contributed by atoms with Crippen LogP contribution < -0.4 is 10.2 Å². The zero-order valence-corrected chi connectivity index (χ0v) is 19.7. The normalized spacial score (nSPS) is 14.1. The van der Waals surface area contributed by atoms with E-state index in [0.29, 0.717) is 43.2 Å². The summed E-state index contributed by atoms with van der Waals surface area (Å²) in [5.74, 6) is -0.0137. The van der Waals surface area contributed by atoms with Crippen molar-refractivity contribution in [3.05, 3.63) is 83.6 Å². The molecule has 0 radical (unpaired) electrons. The fraction of sp³-hybridized carbons (Fsp3) is 0.259. The van der Waals surface area contributed by atoms with Gasteiger partial charge in [-0.1, -0.05) is 28.9 Å². The second-order valence-corrected chi connectivity index (χ2v) is 8.92. The lowest BCUT2D eigenvalue weighted by molar-refractivity contribution is -0.125. The van der Waals surface area contributed by atoms with Crippen LogP contribution in [0.4, 0.5) is 14.6 Å². The van der Waals surface area contributed by atoms with Crippen LogP contribution in [0, 0.1) is 24.5 Å². The molecule has 36 heavy (non-hydrogen) atoms. The molecule has 9 heteroatoms. The Morgan fingerprint density at radius 1 is 1.08 bits per heavy atom. The van der Waals surface area contributed by atoms with Gasteiger partial charge >= 0.3 is 0 Å². The van der Waals surface area contributed by atoms with Gasteiger partial charge in [-0.3, -0.25) is 4.79 Å². The number of aromatic nitrogens is 3. The first-order valence-electron chi connectivity index (χ1n) is 11.8. The van der Waals surface area contributed by atoms with Gasteiger partial charge in [-0.25, -0.2) is 13.8 Å². The molecule has 1 amide bonds. The largest absolute Gasteiger partial charge is 0.356 e. The number of nitrogens with zero attached hydrogens (tertiary/aromatic N) is 4. The van der Waals surface area contributed by atoms with Crippen LogP contribution in [-0.2, 0) is 11.3 Å². The zero-order chi connectivity index (χ0) is 25.1. The number of aryl methyl sites for hydroxylation is 1. The van der Waals surface area contributed by atoms with Crippen LogP contribution in [0.2, 0.25) is 0 Å². The topological polar surface area (TPSA) is 84.2 Å². The van der Waals surface area contributed by atoms with Gasteiger partial charge in [-0.15, -0.1) is 0 Å². The molecule has 0 bridgehead atoms. The summed E-state index contributed by atoms with van der Waals surface area (Å²) in [5, 5.41) is 6.95. The van der Waals surface area contributed by atoms with E-state index >= 15 is 0 Å². The maximum atomic E-state index is 13.4. The molecule has 3 heterocycles. The molecule has 184 valence electrons. The molecule has 4 aromatic rings. The number of hydrogen-bond acceptors (Lipinski definition) is 6. The first-order chi connectivity index (χ1) is 17.5. The average Bonchev–Trinajstić information content (AvgIpc) is 3.37. The Morgan fingerprint density at radius 2 is 1.86 bits per heavy atom. The Hall–Kier alpha value is -4.14. The predicted molar refractivity (Wildman–Crippen MR) is 131 cm³/mol. The van der Waals surface area contributed by atoms with Crippen LogP contribution in [0.3, 0.4) is 0 Å². The van der Waals surface area contributed by atoms with Crippen LogP contribution in [0.15, 0.2) is 65.3 Å². The van der Waals surface area contributed by atoms with E-state index in [1.807, 2.05) is 43.3 Å². The number of benzene rings is 2. The molecule has 2 aromatic carbocycles. The van der Waals surface area contributed by atoms with Crippen LogP contribution in [0.1, 0.15) is 24.0 Å². The minimum atomic E-state index is -0.661. The first kappa shape index (κ1) is 23.6. The van der Waals surface area contributed by atoms with Crippen molar-refractivity contribution < 1.29 is 18.1 Å². The third kappa shape index (κ3) is 5.25. The van der Waals surface area contributed by atoms with Gasteiger partial charge in [0, 0.05) is 43.4 Å². The lowest BCUT2D eigenvalue weighted by Crippen LogP contribution is -2.40. The molecule has 0 spiro atoms. The second-order valence-electron chi connectivity index (χ2n) is 8.92. The van der Waals surface area contributed by atoms with Crippen molar-refractivity contribution in [1.29, 1.82) is 0 Å². The van der Waals surface area contributed by atoms with Crippen LogP contribution in [0.25, 0.3) is 22.8 Å². The highest BCUT2D eigenvalue weighted by Gasteiger charge is 2.28. The molecule has 1 aliphatic heterocycles. The molecule has 1 saturated heterocycles. The van der Waals surface area contributed by atoms with Crippen molar-refractivity contribution in [2.75, 3.05) is 18.0 Å². The molecule has 1 aliphatic rings. The SMILES string of the molecule is Cc1cccc(-c2noc(-c3cccnc3N3CCC(C(=O)NCc4cc(F)cc(F)c4)CC3)n2)c1. The third-order valence-corrected chi connectivity index (χ3v) is 6.27. The van der Waals surface area contributed by atoms with E-state index in [4.69, 9.17) is 4.52 Å². The molecule has 7 nitrogen and oxygen atoms in total. The van der Waals surface area contributed by atoms with Gasteiger partial charge in [0.1, 0.15) is 17.5 Å². The smallest absolute Gasteiger partial charge is 0.261 e. The minimum absolute atomic E-state index is 0.0819. The Bertz CT molecular complexity index is 1360. The van der Waals surface area contributed by atoms with Crippen LogP contribution in [-0.4, -0.2) is 34.1 Å². The summed E-state index contributed by atoms with van der Waals surface area (Å²) >= 11 is 0. The minimum Gasteiger partial charge on any atom is -0.356 e. The number of carbonyl (C=O) groups excluding carboxylic acids is 1. The van der Waals surface area contributed by atoms with Crippen molar-refractivity contribution in [1.82, 2.24) is 20.4 Å². The number of halogens is 2. The van der Waals surface area contributed by atoms with Gasteiger partial charge in [0.15, 0.2) is 0 Å². The molecule has 0 saturated carbocycles. The van der Waals surface area contributed by atoms with Crippen LogP contribution >= 0.6 is 0 Å². The highest BCUT2D eigenvalue weighted by molar-refractivity contribution is 5.79. The van der Waals surface area contributed by atoms with Gasteiger partial charge in [0.2, 0.25) is 11.7 Å². The number of nitrogens with one attached hydrogen (secondary N) is 1. The summed E-state index contributed by atoms with van der Waals surface area (Å²) in [6.45, 7) is 3.33. The summed E-state index contributed by atoms with van der Waals surface area (Å²) in [6, 6.07) is 14.9. The van der Waals surface area contributed by atoms with E-state index in [2.05, 4.69) is 25.3 Å². The average molecular weight is 490 g/mol. The second kappa shape index (κ2) is 10.2. The summed E-state index contributed by atoms with van der Waals surface area (Å²) in [4.78, 5) is 23.9. The summed E-state index contributed by atoms with van der Waals surface area (Å²) in [7, 11) is 0. The Labute approximate surface area is 207 Å². The third-order valence-electron chi connectivity index (χ3n) is 6.27. The number of anilines is 1. The van der Waals surface area contributed by atoms with E-state index in [0.717, 1.165) is 28.6 Å². The molecular weight excluding hydrogens is 464 g/mol. The predicted octanol–water partition coefficient (Wildman–Crippen LogP) is 4.92. The number of piperidine rings is 1. The van der Waals surface area contributed by atoms with Gasteiger partial charge in [-0.2, -0.15) is 4.98 Å². The standard InChI is InChI=1S/C27H25F2N5O2/c1-17-4-2-5-20(12-17)24-32-27(36-33-24)23-6-3-9-30-25(23)34-10-7-19(8-11-34)26(35)31-16-18-13-21(28)15-22(29)14-18/h2-6,9,12-15,19H,7-8,10-11,16H2,1H3,(H,31,35). The summed E-state index contributed by atoms with van der Waals surface area (Å²) in [5.41, 5.74) is 3.11. The maximum Gasteiger partial charge on any atom is 0.261 e. The molecule has 0 unspecified atom stereocenters. The lowest BCUT2D eigenvalue weighted by atomic mass is 9.95. The highest BCUT2D eigenvalue weighted by atomic mass is 19.1. The van der Waals surface area contributed by atoms with Gasteiger partial charge < -0.3 is 14.7 Å². The molecule has 5 rings (SSSR count). The van der Waals surface area contributed by atoms with Gasteiger partial charge in [0.05, 0.1) is 5.56 Å². The number of carbonyl (C=O) groups is 1. The molecular formula is C27H25F2N5O2. The molecule has 0 atom stereocenters. The van der Waals surface area contributed by atoms with E-state index in [9.17, 15) is 13.6 Å². The fourth-order valence-corrected chi connectivity index (χ4v) is 4.45. The van der Waals surface area contributed by atoms with Crippen molar-refractivity contribution in [2.45, 2.75) is 26.3 Å². The molecule has 1 N–H and O–H groups in total. The monoisotopic (exact) mass is 489 g/mol. The molecule has 1 fully saturated rings. The highest BCUT2D eigenvalue weighted by Crippen LogP contribution is 2.32. The number of pyridine rings is 1. The number of rotatable bonds is 6. The fourth-order valence-electron chi connectivity index (χ4n) is 4.45. The molecule has 2 aromatic heterocycles. The summed E-state index contributed by atoms with van der Waals surface area (Å²) < 4.78 is 32.4. The van der Waals surface area contributed by atoms with Crippen molar-refractivity contribution in [2.24, 2.45) is 5.92 Å². The van der Waals surface area contributed by atoms with Crippen molar-refractivity contribution in [3.8, 4) is 22.8 Å². The Morgan fingerprint density at radius 3 is 2.61 bits per heavy atom. The number of hydrogen-bond donors (Lipinski definition) is 1. The van der Waals surface area contributed by atoms with E-state index < -0.39 is 11.6 Å². The van der Waals surface area contributed by atoms with E-state index in [-0.39, 0.29) is 18.4 Å². The van der Waals surface area contributed by atoms with Crippen LogP contribution in [0.5, 0.6) is 0 Å². The lowest BCUT2D eigenvalue weighted by Gasteiger charge is -2.32. The van der Waals surface area contributed by atoms with E-state index in [1.54, 1.807) is 6.20 Å². The van der Waals surface area contributed by atoms with Gasteiger partial charge in [0.25, 0.3) is 5.89 Å². The molecule has 0 aliphatic carbocycles. The summed E-state index contributed by atoms with van der Waals surface area (Å²) in [6.07, 6.45) is 2.96. The first-order valence-corrected chi connectivity index (χ1v) is 11.8.